The van der Waals surface area contributed by atoms with Crippen LogP contribution < -0.4 is 10.2 Å². The molecule has 0 bridgehead atoms. The fourth-order valence-electron chi connectivity index (χ4n) is 8.64. The third kappa shape index (κ3) is 57.4. The van der Waals surface area contributed by atoms with Gasteiger partial charge in [0.05, 0.1) is 33.8 Å². The zero-order valence-electron chi connectivity index (χ0n) is 50.6. The first kappa shape index (κ1) is 73.9. The molecule has 9 nitrogen and oxygen atoms in total. The summed E-state index contributed by atoms with van der Waals surface area (Å²) in [6.07, 6.45) is 75.2. The minimum absolute atomic E-state index is 0.0322. The van der Waals surface area contributed by atoms with Crippen LogP contribution in [0.2, 0.25) is 0 Å². The number of hydrogen-bond donors (Lipinski definition) is 1. The average molecular weight is 1100 g/mol. The van der Waals surface area contributed by atoms with Crippen LogP contribution in [0.5, 0.6) is 0 Å². The van der Waals surface area contributed by atoms with E-state index in [0.717, 1.165) is 116 Å². The van der Waals surface area contributed by atoms with Gasteiger partial charge in [-0.05, 0) is 109 Å². The Labute approximate surface area is 475 Å². The number of rotatable bonds is 56. The van der Waals surface area contributed by atoms with Crippen LogP contribution in [0.1, 0.15) is 265 Å². The van der Waals surface area contributed by atoms with E-state index in [9.17, 15) is 19.0 Å². The molecule has 0 aliphatic carbocycles. The second kappa shape index (κ2) is 56.2. The number of phosphoric acid groups is 1. The Balaban J connectivity index is 5.19. The fourth-order valence-corrected chi connectivity index (χ4v) is 9.36. The summed E-state index contributed by atoms with van der Waals surface area (Å²) < 4.78 is 30.3. The van der Waals surface area contributed by atoms with E-state index in [4.69, 9.17) is 13.8 Å². The Morgan fingerprint density at radius 2 is 0.831 bits per heavy atom. The number of carbonyl (C=O) groups is 2. The van der Waals surface area contributed by atoms with Gasteiger partial charge in [-0.15, -0.1) is 0 Å². The maximum absolute atomic E-state index is 13.5. The molecule has 77 heavy (non-hydrogen) atoms. The lowest BCUT2D eigenvalue weighted by atomic mass is 10.0. The Morgan fingerprint density at radius 3 is 1.27 bits per heavy atom. The van der Waals surface area contributed by atoms with Crippen molar-refractivity contribution >= 4 is 19.7 Å². The highest BCUT2D eigenvalue weighted by Crippen LogP contribution is 2.38. The van der Waals surface area contributed by atoms with Crippen LogP contribution >= 0.6 is 7.82 Å². The van der Waals surface area contributed by atoms with Crippen molar-refractivity contribution in [2.45, 2.75) is 277 Å². The number of allylic oxidation sites excluding steroid dienone is 15. The topological polar surface area (TPSA) is 114 Å². The molecule has 0 saturated carbocycles. The normalized spacial score (nSPS) is 14.3. The average Bonchev–Trinajstić information content (AvgIpc) is 3.39. The number of carbonyl (C=O) groups excluding carboxylic acids is 2. The molecule has 0 aromatic carbocycles. The van der Waals surface area contributed by atoms with Gasteiger partial charge in [-0.3, -0.25) is 14.2 Å². The Bertz CT molecular complexity index is 1640. The lowest BCUT2D eigenvalue weighted by molar-refractivity contribution is -0.870. The number of likely N-dealkylation sites (N-methyl/N-ethyl adjacent to an activating group) is 1. The summed E-state index contributed by atoms with van der Waals surface area (Å²) in [6, 6.07) is -0.907. The van der Waals surface area contributed by atoms with Crippen molar-refractivity contribution in [3.8, 4) is 0 Å². The van der Waals surface area contributed by atoms with Gasteiger partial charge in [0.2, 0.25) is 5.91 Å². The van der Waals surface area contributed by atoms with Crippen molar-refractivity contribution < 1.29 is 37.3 Å². The van der Waals surface area contributed by atoms with Gasteiger partial charge in [0.15, 0.2) is 0 Å². The van der Waals surface area contributed by atoms with E-state index in [2.05, 4.69) is 111 Å². The molecule has 0 aromatic rings. The van der Waals surface area contributed by atoms with E-state index >= 15 is 0 Å². The third-order valence-electron chi connectivity index (χ3n) is 13.5. The molecular formula is C67H119N2O7P. The minimum Gasteiger partial charge on any atom is -0.756 e. The van der Waals surface area contributed by atoms with Gasteiger partial charge in [-0.2, -0.15) is 0 Å². The number of amides is 1. The molecule has 0 fully saturated rings. The largest absolute Gasteiger partial charge is 0.756 e. The quantitative estimate of drug-likeness (QED) is 0.0212. The monoisotopic (exact) mass is 1090 g/mol. The van der Waals surface area contributed by atoms with E-state index in [0.29, 0.717) is 17.4 Å². The molecule has 3 unspecified atom stereocenters. The molecule has 0 aromatic heterocycles. The number of hydrogen-bond acceptors (Lipinski definition) is 7. The predicted molar refractivity (Wildman–Crippen MR) is 330 cm³/mol. The molecule has 444 valence electrons. The maximum Gasteiger partial charge on any atom is 0.306 e. The Kier molecular flexibility index (Phi) is 54.0. The van der Waals surface area contributed by atoms with E-state index in [-0.39, 0.29) is 31.3 Å². The van der Waals surface area contributed by atoms with Gasteiger partial charge in [-0.25, -0.2) is 0 Å². The Morgan fingerprint density at radius 1 is 0.468 bits per heavy atom. The zero-order valence-corrected chi connectivity index (χ0v) is 51.5. The second-order valence-corrected chi connectivity index (χ2v) is 23.6. The maximum atomic E-state index is 13.5. The van der Waals surface area contributed by atoms with E-state index < -0.39 is 26.6 Å². The molecular weight excluding hydrogens is 976 g/mol. The standard InChI is InChI=1S/C67H119N2O7P/c1-7-10-13-16-19-22-25-28-30-31-32-33-34-35-36-37-38-39-40-42-45-48-51-54-57-60-67(71)76-65(58-55-52-49-46-43-27-24-21-18-15-12-9-3)64(63-75-77(72,73)74-62-61-69(4,5)6)68-66(70)59-56-53-50-47-44-41-29-26-23-20-17-14-11-8-2/h11,14,19-20,22-23,28-30,32-33,35-36,41,55,58,64-65H,7-10,12-13,15-18,21,24-27,31,34,37-40,42-54,56-57,59-63H2,1-6H3,(H-,68,70,72,73)/b14-11+,22-19-,23-20+,30-28-,33-32-,36-35-,41-29+,58-55-. The van der Waals surface area contributed by atoms with Crippen LogP contribution in [0.15, 0.2) is 97.2 Å². The van der Waals surface area contributed by atoms with E-state index in [1.165, 1.54) is 109 Å². The lowest BCUT2D eigenvalue weighted by Gasteiger charge is -2.30. The van der Waals surface area contributed by atoms with Crippen molar-refractivity contribution in [3.05, 3.63) is 97.2 Å². The summed E-state index contributed by atoms with van der Waals surface area (Å²) in [4.78, 5) is 40.0. The van der Waals surface area contributed by atoms with E-state index in [1.807, 2.05) is 33.3 Å². The second-order valence-electron chi connectivity index (χ2n) is 22.2. The number of unbranched alkanes of at least 4 members (excludes halogenated alkanes) is 26. The highest BCUT2D eigenvalue weighted by Gasteiger charge is 2.27. The summed E-state index contributed by atoms with van der Waals surface area (Å²) in [5.41, 5.74) is 0. The number of nitrogens with one attached hydrogen (secondary N) is 1. The molecule has 0 radical (unpaired) electrons. The lowest BCUT2D eigenvalue weighted by Crippen LogP contribution is -2.47. The summed E-state index contributed by atoms with van der Waals surface area (Å²) in [5, 5.41) is 3.01. The predicted octanol–water partition coefficient (Wildman–Crippen LogP) is 18.9. The first-order chi connectivity index (χ1) is 37.4. The van der Waals surface area contributed by atoms with Gasteiger partial charge in [0.1, 0.15) is 19.3 Å². The number of nitrogens with zero attached hydrogens (tertiary/aromatic N) is 1. The molecule has 0 spiro atoms. The van der Waals surface area contributed by atoms with Crippen LogP contribution in [0.3, 0.4) is 0 Å². The SMILES string of the molecule is CC/C=C/C/C=C/C/C=C/CCCCCCC(=O)NC(COP(=O)([O-])OCC[N+](C)(C)C)C(/C=C\CCCCCCCCCCCC)OC(=O)CCCCCCCCCCC/C=C\C/C=C\C/C=C\C/C=C\CCCCC. The molecule has 1 amide bonds. The molecule has 1 N–H and O–H groups in total. The van der Waals surface area contributed by atoms with Crippen molar-refractivity contribution in [1.29, 1.82) is 0 Å². The Hall–Kier alpha value is -3.07. The van der Waals surface area contributed by atoms with Crippen LogP contribution in [0.25, 0.3) is 0 Å². The summed E-state index contributed by atoms with van der Waals surface area (Å²) in [5.74, 6) is -0.577. The highest BCUT2D eigenvalue weighted by molar-refractivity contribution is 7.45. The smallest absolute Gasteiger partial charge is 0.306 e. The molecule has 10 heteroatoms. The molecule has 0 aliphatic rings. The third-order valence-corrected chi connectivity index (χ3v) is 14.5. The van der Waals surface area contributed by atoms with Crippen LogP contribution in [0, 0.1) is 0 Å². The van der Waals surface area contributed by atoms with Crippen LogP contribution in [-0.4, -0.2) is 69.4 Å². The number of esters is 1. The van der Waals surface area contributed by atoms with Crippen molar-refractivity contribution in [2.24, 2.45) is 0 Å². The summed E-state index contributed by atoms with van der Waals surface area (Å²) >= 11 is 0. The van der Waals surface area contributed by atoms with Gasteiger partial charge in [0, 0.05) is 12.8 Å². The summed E-state index contributed by atoms with van der Waals surface area (Å²) in [6.45, 7) is 6.67. The first-order valence-corrected chi connectivity index (χ1v) is 33.0. The van der Waals surface area contributed by atoms with Crippen molar-refractivity contribution in [3.63, 3.8) is 0 Å². The summed E-state index contributed by atoms with van der Waals surface area (Å²) in [7, 11) is 1.15. The molecule has 0 aliphatic heterocycles. The zero-order chi connectivity index (χ0) is 56.4. The van der Waals surface area contributed by atoms with Gasteiger partial charge < -0.3 is 28.5 Å². The van der Waals surface area contributed by atoms with Gasteiger partial charge in [0.25, 0.3) is 7.82 Å². The highest BCUT2D eigenvalue weighted by atomic mass is 31.2. The first-order valence-electron chi connectivity index (χ1n) is 31.5. The fraction of sp³-hybridized carbons (Fsp3) is 0.731. The van der Waals surface area contributed by atoms with Crippen molar-refractivity contribution in [1.82, 2.24) is 5.32 Å². The van der Waals surface area contributed by atoms with E-state index in [1.54, 1.807) is 0 Å². The molecule has 3 atom stereocenters. The van der Waals surface area contributed by atoms with Gasteiger partial charge in [-0.1, -0.05) is 240 Å². The number of ether oxygens (including phenoxy) is 1. The van der Waals surface area contributed by atoms with Gasteiger partial charge >= 0.3 is 5.97 Å². The van der Waals surface area contributed by atoms with Crippen molar-refractivity contribution in [2.75, 3.05) is 40.9 Å². The molecule has 0 saturated heterocycles. The van der Waals surface area contributed by atoms with Crippen LogP contribution in [0.4, 0.5) is 0 Å². The molecule has 0 rings (SSSR count). The number of phosphoric ester groups is 1. The molecule has 0 heterocycles. The van der Waals surface area contributed by atoms with Crippen LogP contribution in [-0.2, 0) is 27.9 Å². The number of quaternary nitrogens is 1. The minimum atomic E-state index is -4.71.